The summed E-state index contributed by atoms with van der Waals surface area (Å²) >= 11 is 6.32. The number of allylic oxidation sites excluding steroid dienone is 1. The average molecular weight is 475 g/mol. The summed E-state index contributed by atoms with van der Waals surface area (Å²) in [5.41, 5.74) is 1.57. The first-order valence-electron chi connectivity index (χ1n) is 14.1. The van der Waals surface area contributed by atoms with Crippen LogP contribution in [0.5, 0.6) is 0 Å². The molecule has 2 heteroatoms. The lowest BCUT2D eigenvalue weighted by Crippen LogP contribution is -2.66. The van der Waals surface area contributed by atoms with E-state index in [0.717, 1.165) is 30.6 Å². The molecule has 9 atom stereocenters. The van der Waals surface area contributed by atoms with Gasteiger partial charge in [0.15, 0.2) is 0 Å². The van der Waals surface area contributed by atoms with Gasteiger partial charge in [0.2, 0.25) is 5.24 Å². The van der Waals surface area contributed by atoms with Gasteiger partial charge < -0.3 is 0 Å². The summed E-state index contributed by atoms with van der Waals surface area (Å²) in [6.45, 7) is 21.0. The molecule has 33 heavy (non-hydrogen) atoms. The third kappa shape index (κ3) is 3.33. The molecule has 0 spiro atoms. The summed E-state index contributed by atoms with van der Waals surface area (Å²) in [6, 6.07) is 0. The molecular weight excluding hydrogens is 424 g/mol. The molecule has 0 amide bonds. The van der Waals surface area contributed by atoms with Gasteiger partial charge in [-0.2, -0.15) is 0 Å². The molecule has 5 rings (SSSR count). The monoisotopic (exact) mass is 474 g/mol. The van der Waals surface area contributed by atoms with Crippen LogP contribution in [-0.2, 0) is 4.79 Å². The first kappa shape index (κ1) is 25.8. The van der Waals surface area contributed by atoms with Crippen molar-refractivity contribution < 1.29 is 4.79 Å². The number of carbonyl (C=O) groups excluding carboxylic acids is 1. The van der Waals surface area contributed by atoms with Crippen LogP contribution in [0, 0.1) is 56.7 Å². The van der Waals surface area contributed by atoms with E-state index in [-0.39, 0.29) is 10.7 Å². The third-order valence-corrected chi connectivity index (χ3v) is 13.7. The van der Waals surface area contributed by atoms with Crippen LogP contribution in [0.1, 0.15) is 119 Å². The van der Waals surface area contributed by atoms with Crippen molar-refractivity contribution in [3.8, 4) is 0 Å². The largest absolute Gasteiger partial charge is 0.281 e. The van der Waals surface area contributed by atoms with Gasteiger partial charge in [0.1, 0.15) is 0 Å². The van der Waals surface area contributed by atoms with Crippen LogP contribution in [0.25, 0.3) is 0 Å². The van der Waals surface area contributed by atoms with E-state index in [4.69, 9.17) is 11.6 Å². The highest BCUT2D eigenvalue weighted by atomic mass is 35.5. The summed E-state index contributed by atoms with van der Waals surface area (Å²) in [6.07, 6.45) is 15.9. The van der Waals surface area contributed by atoms with Crippen molar-refractivity contribution in [1.29, 1.82) is 0 Å². The number of hydrogen-bond acceptors (Lipinski definition) is 1. The van der Waals surface area contributed by atoms with E-state index in [2.05, 4.69) is 48.1 Å². The second-order valence-electron chi connectivity index (χ2n) is 14.3. The van der Waals surface area contributed by atoms with E-state index in [1.54, 1.807) is 6.08 Å². The first-order chi connectivity index (χ1) is 15.3. The van der Waals surface area contributed by atoms with Gasteiger partial charge in [-0.1, -0.05) is 54.0 Å². The molecular formula is C31H51ClO. The summed E-state index contributed by atoms with van der Waals surface area (Å²) < 4.78 is 0. The van der Waals surface area contributed by atoms with Crippen LogP contribution in [0.3, 0.4) is 0 Å². The van der Waals surface area contributed by atoms with E-state index in [9.17, 15) is 4.79 Å². The molecule has 5 aliphatic rings. The molecule has 188 valence electrons. The number of halogens is 1. The zero-order valence-corrected chi connectivity index (χ0v) is 23.5. The Kier molecular flexibility index (Phi) is 6.55. The Morgan fingerprint density at radius 3 is 2.12 bits per heavy atom. The van der Waals surface area contributed by atoms with Gasteiger partial charge in [0.25, 0.3) is 0 Å². The normalized spacial score (nSPS) is 52.2. The molecule has 0 aromatic rings. The Hall–Kier alpha value is -0.300. The highest BCUT2D eigenvalue weighted by Gasteiger charge is 2.70. The Morgan fingerprint density at radius 1 is 0.818 bits per heavy atom. The number of carbonyl (C=O) groups is 1. The van der Waals surface area contributed by atoms with Crippen LogP contribution in [0.2, 0.25) is 0 Å². The Bertz CT molecular complexity index is 786. The molecule has 1 nitrogen and oxygen atoms in total. The topological polar surface area (TPSA) is 17.1 Å². The van der Waals surface area contributed by atoms with Gasteiger partial charge in [0, 0.05) is 5.41 Å². The van der Waals surface area contributed by atoms with Crippen molar-refractivity contribution in [2.45, 2.75) is 119 Å². The minimum Gasteiger partial charge on any atom is -0.281 e. The predicted octanol–water partition coefficient (Wildman–Crippen LogP) is 9.44. The zero-order chi connectivity index (χ0) is 24.4. The maximum atomic E-state index is 12.7. The summed E-state index contributed by atoms with van der Waals surface area (Å²) in [7, 11) is 0. The molecule has 0 radical (unpaired) electrons. The van der Waals surface area contributed by atoms with Gasteiger partial charge in [-0.05, 0) is 134 Å². The van der Waals surface area contributed by atoms with E-state index < -0.39 is 0 Å². The molecule has 0 aromatic heterocycles. The number of rotatable bonds is 1. The highest BCUT2D eigenvalue weighted by Crippen LogP contribution is 2.77. The fourth-order valence-corrected chi connectivity index (χ4v) is 11.4. The first-order valence-corrected chi connectivity index (χ1v) is 14.5. The summed E-state index contributed by atoms with van der Waals surface area (Å²) in [4.78, 5) is 12.7. The van der Waals surface area contributed by atoms with Crippen LogP contribution >= 0.6 is 11.6 Å². The van der Waals surface area contributed by atoms with Crippen LogP contribution in [0.15, 0.2) is 12.7 Å². The maximum Gasteiger partial charge on any atom is 0.228 e. The van der Waals surface area contributed by atoms with Gasteiger partial charge in [-0.25, -0.2) is 0 Å². The fraction of sp³-hybridized carbons (Fsp3) is 0.903. The second kappa shape index (κ2) is 8.38. The number of hydrogen-bond donors (Lipinski definition) is 0. The maximum absolute atomic E-state index is 12.7. The quantitative estimate of drug-likeness (QED) is 0.273. The number of fused-ring (bicyclic) bond motifs is 7. The van der Waals surface area contributed by atoms with Crippen molar-refractivity contribution in [1.82, 2.24) is 0 Å². The minimum atomic E-state index is -0.182. The molecule has 8 unspecified atom stereocenters. The fourth-order valence-electron chi connectivity index (χ4n) is 11.1. The van der Waals surface area contributed by atoms with Crippen molar-refractivity contribution >= 4 is 16.8 Å². The summed E-state index contributed by atoms with van der Waals surface area (Å²) in [5, 5.41) is -0.00184. The Labute approximate surface area is 209 Å². The van der Waals surface area contributed by atoms with Gasteiger partial charge >= 0.3 is 0 Å². The van der Waals surface area contributed by atoms with E-state index in [1.807, 2.05) is 6.92 Å². The molecule has 5 aliphatic carbocycles. The molecule has 5 fully saturated rings. The highest BCUT2D eigenvalue weighted by molar-refractivity contribution is 6.64. The van der Waals surface area contributed by atoms with Crippen LogP contribution in [0.4, 0.5) is 0 Å². The molecule has 0 N–H and O–H groups in total. The van der Waals surface area contributed by atoms with E-state index in [1.165, 1.54) is 57.8 Å². The van der Waals surface area contributed by atoms with Crippen LogP contribution in [-0.4, -0.2) is 5.24 Å². The molecule has 0 aliphatic heterocycles. The lowest BCUT2D eigenvalue weighted by molar-refractivity contribution is -0.237. The zero-order valence-electron chi connectivity index (χ0n) is 22.7. The smallest absolute Gasteiger partial charge is 0.228 e. The third-order valence-electron chi connectivity index (χ3n) is 13.3. The molecule has 0 bridgehead atoms. The van der Waals surface area contributed by atoms with Crippen LogP contribution < -0.4 is 0 Å². The van der Waals surface area contributed by atoms with Crippen molar-refractivity contribution in [2.75, 3.05) is 0 Å². The van der Waals surface area contributed by atoms with Crippen molar-refractivity contribution in [3.63, 3.8) is 0 Å². The van der Waals surface area contributed by atoms with Crippen molar-refractivity contribution in [2.24, 2.45) is 56.7 Å². The van der Waals surface area contributed by atoms with Crippen molar-refractivity contribution in [3.05, 3.63) is 12.7 Å². The van der Waals surface area contributed by atoms with Gasteiger partial charge in [-0.15, -0.1) is 6.58 Å². The minimum absolute atomic E-state index is 0.00184. The van der Waals surface area contributed by atoms with E-state index >= 15 is 0 Å². The lowest BCUT2D eigenvalue weighted by Gasteiger charge is -2.72. The molecule has 0 aromatic carbocycles. The van der Waals surface area contributed by atoms with Gasteiger partial charge in [-0.3, -0.25) is 4.79 Å². The Balaban J connectivity index is 0.000000821. The SMILES string of the molecule is C=CC.CC1CCC2(C)C(CCC3(C)C2CCC2C4CCCC4(C(=O)Cl)CC[C@]23C)C1(C)C. The standard InChI is InChI=1S/C28H45ClO.C3H6/c1-18-11-14-25(4)21(24(18,2)3)12-15-27(6)22(25)10-9-19-20-8-7-13-28(20,23(29)30)17-16-26(19,27)5;1-3-2/h18-22H,7-17H2,1-6H3;3H,1H2,2H3/t18?,19?,20?,21?,22?,25?,26-,27?,28?;/m1./s1. The Morgan fingerprint density at radius 2 is 1.48 bits per heavy atom. The average Bonchev–Trinajstić information content (AvgIpc) is 3.18. The molecule has 5 saturated carbocycles. The second-order valence-corrected chi connectivity index (χ2v) is 14.6. The lowest BCUT2D eigenvalue weighted by atomic mass is 9.32. The molecule has 0 saturated heterocycles. The summed E-state index contributed by atoms with van der Waals surface area (Å²) in [5.74, 6) is 3.80. The molecule has 0 heterocycles. The van der Waals surface area contributed by atoms with Gasteiger partial charge in [0.05, 0.1) is 0 Å². The predicted molar refractivity (Wildman–Crippen MR) is 141 cm³/mol. The van der Waals surface area contributed by atoms with E-state index in [0.29, 0.717) is 33.5 Å².